The number of hydrogen-bond acceptors (Lipinski definition) is 4. The minimum atomic E-state index is -0.368. The molecule has 0 radical (unpaired) electrons. The molecule has 0 heterocycles. The zero-order chi connectivity index (χ0) is 11.8. The van der Waals surface area contributed by atoms with Gasteiger partial charge in [-0.2, -0.15) is 0 Å². The van der Waals surface area contributed by atoms with Gasteiger partial charge in [-0.25, -0.2) is 0 Å². The van der Waals surface area contributed by atoms with Crippen molar-refractivity contribution in [3.63, 3.8) is 0 Å². The van der Waals surface area contributed by atoms with E-state index < -0.39 is 0 Å². The molecule has 0 spiro atoms. The van der Waals surface area contributed by atoms with E-state index in [4.69, 9.17) is 0 Å². The number of hydrogen-bond donors (Lipinski definition) is 2. The molecule has 1 rings (SSSR count). The largest absolute Gasteiger partial charge is 0.503 e. The Morgan fingerprint density at radius 3 is 2.27 bits per heavy atom. The predicted molar refractivity (Wildman–Crippen MR) is 60.8 cm³/mol. The van der Waals surface area contributed by atoms with Crippen molar-refractivity contribution in [2.75, 3.05) is 5.32 Å². The first-order valence-electron chi connectivity index (χ1n) is 5.07. The van der Waals surface area contributed by atoms with Crippen LogP contribution in [0.3, 0.4) is 0 Å². The second-order valence-electron chi connectivity index (χ2n) is 4.98. The highest BCUT2D eigenvalue weighted by Gasteiger charge is 2.20. The van der Waals surface area contributed by atoms with Gasteiger partial charge in [0.1, 0.15) is 11.0 Å². The van der Waals surface area contributed by atoms with Crippen molar-refractivity contribution >= 4 is 5.69 Å². The van der Waals surface area contributed by atoms with Gasteiger partial charge in [0.15, 0.2) is 5.75 Å². The van der Waals surface area contributed by atoms with Crippen LogP contribution in [0.15, 0.2) is 9.79 Å². The van der Waals surface area contributed by atoms with Crippen LogP contribution in [0, 0.1) is 0 Å². The fourth-order valence-corrected chi connectivity index (χ4v) is 1.26. The van der Waals surface area contributed by atoms with Crippen molar-refractivity contribution in [1.29, 1.82) is 0 Å². The van der Waals surface area contributed by atoms with E-state index in [0.29, 0.717) is 11.0 Å². The maximum absolute atomic E-state index is 11.4. The third-order valence-electron chi connectivity index (χ3n) is 1.78. The molecule has 1 aromatic carbocycles. The van der Waals surface area contributed by atoms with E-state index in [1.807, 2.05) is 34.6 Å². The molecule has 4 heteroatoms. The van der Waals surface area contributed by atoms with E-state index in [-0.39, 0.29) is 22.8 Å². The maximum atomic E-state index is 11.4. The van der Waals surface area contributed by atoms with E-state index in [1.165, 1.54) is 0 Å². The number of rotatable bonds is 2. The first kappa shape index (κ1) is 11.8. The van der Waals surface area contributed by atoms with Crippen molar-refractivity contribution < 1.29 is 5.11 Å². The Bertz CT molecular complexity index is 432. The Balaban J connectivity index is 3.16. The first-order chi connectivity index (χ1) is 6.72. The molecular formula is C11H18N2O2. The van der Waals surface area contributed by atoms with Gasteiger partial charge in [-0.1, -0.05) is 0 Å². The van der Waals surface area contributed by atoms with E-state index in [2.05, 4.69) is 10.3 Å². The smallest absolute Gasteiger partial charge is 0.249 e. The molecule has 1 aromatic rings. The number of nitrogens with one attached hydrogen (secondary N) is 1. The van der Waals surface area contributed by atoms with Crippen LogP contribution in [0.1, 0.15) is 34.6 Å². The Hall–Kier alpha value is -1.32. The Morgan fingerprint density at radius 2 is 1.87 bits per heavy atom. The highest BCUT2D eigenvalue weighted by Crippen LogP contribution is 2.17. The quantitative estimate of drug-likeness (QED) is 0.769. The maximum Gasteiger partial charge on any atom is 0.249 e. The highest BCUT2D eigenvalue weighted by molar-refractivity contribution is 5.60. The highest BCUT2D eigenvalue weighted by atomic mass is 16.3. The Morgan fingerprint density at radius 1 is 1.33 bits per heavy atom. The molecule has 0 aliphatic heterocycles. The summed E-state index contributed by atoms with van der Waals surface area (Å²) in [5, 5.41) is 12.7. The number of nitrogens with zero attached hydrogens (tertiary/aromatic N) is 1. The van der Waals surface area contributed by atoms with E-state index in [1.54, 1.807) is 0 Å². The van der Waals surface area contributed by atoms with Gasteiger partial charge in [0.2, 0.25) is 5.43 Å². The minimum absolute atomic E-state index is 0.167. The molecule has 0 saturated heterocycles. The molecule has 4 nitrogen and oxygen atoms in total. The van der Waals surface area contributed by atoms with Crippen molar-refractivity contribution in [3.05, 3.63) is 15.6 Å². The van der Waals surface area contributed by atoms with Crippen molar-refractivity contribution in [2.24, 2.45) is 4.99 Å². The zero-order valence-electron chi connectivity index (χ0n) is 9.88. The molecule has 0 bridgehead atoms. The zero-order valence-corrected chi connectivity index (χ0v) is 9.88. The van der Waals surface area contributed by atoms with Crippen LogP contribution in [-0.2, 0) is 0 Å². The second-order valence-corrected chi connectivity index (χ2v) is 4.98. The third kappa shape index (κ3) is 2.58. The van der Waals surface area contributed by atoms with Crippen LogP contribution >= 0.6 is 0 Å². The second kappa shape index (κ2) is 3.68. The van der Waals surface area contributed by atoms with Crippen LogP contribution in [-0.4, -0.2) is 16.7 Å². The lowest BCUT2D eigenvalue weighted by Crippen LogP contribution is -2.38. The summed E-state index contributed by atoms with van der Waals surface area (Å²) >= 11 is 0. The summed E-state index contributed by atoms with van der Waals surface area (Å²) in [6.07, 6.45) is 0. The molecular weight excluding hydrogens is 192 g/mol. The van der Waals surface area contributed by atoms with Crippen molar-refractivity contribution in [1.82, 2.24) is 0 Å². The van der Waals surface area contributed by atoms with E-state index in [9.17, 15) is 9.90 Å². The fraction of sp³-hybridized carbons (Fsp3) is 0.636. The molecule has 0 aromatic heterocycles. The molecule has 0 aliphatic rings. The van der Waals surface area contributed by atoms with Gasteiger partial charge in [0, 0.05) is 6.04 Å². The summed E-state index contributed by atoms with van der Waals surface area (Å²) < 4.78 is 0. The summed E-state index contributed by atoms with van der Waals surface area (Å²) in [4.78, 5) is 15.6. The topological polar surface area (TPSA) is 61.7 Å². The summed E-state index contributed by atoms with van der Waals surface area (Å²) in [7, 11) is 0. The molecule has 84 valence electrons. The molecule has 0 aliphatic carbocycles. The summed E-state index contributed by atoms with van der Waals surface area (Å²) in [6.45, 7) is 9.62. The molecule has 0 saturated carbocycles. The molecule has 15 heavy (non-hydrogen) atoms. The van der Waals surface area contributed by atoms with E-state index in [0.717, 1.165) is 0 Å². The monoisotopic (exact) mass is 210 g/mol. The number of aromatic hydroxyl groups is 1. The number of anilines is 1. The predicted octanol–water partition coefficient (Wildman–Crippen LogP) is 1.15. The van der Waals surface area contributed by atoms with Gasteiger partial charge in [0.05, 0.1) is 5.54 Å². The minimum Gasteiger partial charge on any atom is -0.503 e. The SMILES string of the molecule is CC(C)Nc1c(O)c(=O)/c1=N\C(C)(C)C. The Labute approximate surface area is 89.4 Å². The van der Waals surface area contributed by atoms with Gasteiger partial charge >= 0.3 is 0 Å². The lowest BCUT2D eigenvalue weighted by molar-refractivity contribution is 0.460. The van der Waals surface area contributed by atoms with E-state index >= 15 is 0 Å². The lowest BCUT2D eigenvalue weighted by Gasteiger charge is -2.17. The summed E-state index contributed by atoms with van der Waals surface area (Å²) in [5.74, 6) is -0.202. The molecule has 0 amide bonds. The van der Waals surface area contributed by atoms with Crippen molar-refractivity contribution in [2.45, 2.75) is 46.2 Å². The fourth-order valence-electron chi connectivity index (χ4n) is 1.26. The first-order valence-corrected chi connectivity index (χ1v) is 5.07. The molecule has 0 fully saturated rings. The molecule has 0 unspecified atom stereocenters. The van der Waals surface area contributed by atoms with Gasteiger partial charge in [-0.3, -0.25) is 9.79 Å². The van der Waals surface area contributed by atoms with Crippen LogP contribution < -0.4 is 16.1 Å². The summed E-state index contributed by atoms with van der Waals surface area (Å²) in [5.41, 5.74) is -0.201. The van der Waals surface area contributed by atoms with Gasteiger partial charge < -0.3 is 10.4 Å². The summed E-state index contributed by atoms with van der Waals surface area (Å²) in [6, 6.07) is 0.167. The van der Waals surface area contributed by atoms with Gasteiger partial charge in [-0.15, -0.1) is 0 Å². The van der Waals surface area contributed by atoms with Crippen LogP contribution in [0.25, 0.3) is 0 Å². The average molecular weight is 210 g/mol. The Kier molecular flexibility index (Phi) is 2.88. The van der Waals surface area contributed by atoms with Crippen LogP contribution in [0.2, 0.25) is 0 Å². The van der Waals surface area contributed by atoms with Crippen molar-refractivity contribution in [3.8, 4) is 5.75 Å². The van der Waals surface area contributed by atoms with Gasteiger partial charge in [-0.05, 0) is 34.6 Å². The normalized spacial score (nSPS) is 13.9. The average Bonchev–Trinajstić information content (AvgIpc) is 2.08. The third-order valence-corrected chi connectivity index (χ3v) is 1.78. The lowest BCUT2D eigenvalue weighted by atomic mass is 10.1. The van der Waals surface area contributed by atoms with Crippen LogP contribution in [0.4, 0.5) is 5.69 Å². The van der Waals surface area contributed by atoms with Gasteiger partial charge in [0.25, 0.3) is 0 Å². The molecule has 0 atom stereocenters. The van der Waals surface area contributed by atoms with Crippen LogP contribution in [0.5, 0.6) is 5.75 Å². The standard InChI is InChI=1S/C11H18N2O2/c1-6(2)12-7-8(10(15)9(7)14)13-11(3,4)5/h6,12,14H,1-5H3/b13-8-. The molecule has 2 N–H and O–H groups in total.